The molecule has 1 aromatic carbocycles. The normalized spacial score (nSPS) is 28.2. The van der Waals surface area contributed by atoms with Gasteiger partial charge in [0.2, 0.25) is 0 Å². The molecule has 0 radical (unpaired) electrons. The average Bonchev–Trinajstić information content (AvgIpc) is 2.39. The van der Waals surface area contributed by atoms with Crippen LogP contribution in [0.3, 0.4) is 0 Å². The van der Waals surface area contributed by atoms with Gasteiger partial charge in [-0.25, -0.2) is 0 Å². The maximum atomic E-state index is 2.39. The fraction of sp³-hybridized carbons (Fsp3) is 0.375. The van der Waals surface area contributed by atoms with Gasteiger partial charge < -0.3 is 0 Å². The smallest absolute Gasteiger partial charge is 0.0195 e. The quantitative estimate of drug-likeness (QED) is 0.692. The molecule has 0 spiro atoms. The van der Waals surface area contributed by atoms with E-state index < -0.39 is 0 Å². The van der Waals surface area contributed by atoms with Gasteiger partial charge in [-0.05, 0) is 24.3 Å². The third-order valence-corrected chi connectivity index (χ3v) is 3.85. The predicted octanol–water partition coefficient (Wildman–Crippen LogP) is 4.49. The summed E-state index contributed by atoms with van der Waals surface area (Å²) in [7, 11) is 0. The Morgan fingerprint density at radius 2 is 1.81 bits per heavy atom. The van der Waals surface area contributed by atoms with E-state index in [0.717, 1.165) is 6.42 Å². The van der Waals surface area contributed by atoms with Crippen molar-refractivity contribution in [1.82, 2.24) is 0 Å². The van der Waals surface area contributed by atoms with E-state index in [-0.39, 0.29) is 5.41 Å². The summed E-state index contributed by atoms with van der Waals surface area (Å²) in [6, 6.07) is 10.9. The first-order chi connectivity index (χ1) is 7.83. The largest absolute Gasteiger partial charge is 0.0802 e. The molecule has 0 N–H and O–H groups in total. The number of benzene rings is 1. The second-order valence-corrected chi connectivity index (χ2v) is 4.52. The van der Waals surface area contributed by atoms with Crippen molar-refractivity contribution in [3.63, 3.8) is 0 Å². The van der Waals surface area contributed by atoms with E-state index in [9.17, 15) is 0 Å². The van der Waals surface area contributed by atoms with Crippen molar-refractivity contribution in [1.29, 1.82) is 0 Å². The van der Waals surface area contributed by atoms with Crippen LogP contribution in [0.1, 0.15) is 32.3 Å². The molecule has 0 bridgehead atoms. The molecule has 0 heterocycles. The fourth-order valence-electron chi connectivity index (χ4n) is 2.86. The summed E-state index contributed by atoms with van der Waals surface area (Å²) >= 11 is 0. The van der Waals surface area contributed by atoms with Gasteiger partial charge in [0.15, 0.2) is 0 Å². The summed E-state index contributed by atoms with van der Waals surface area (Å²) in [5.41, 5.74) is 1.66. The van der Waals surface area contributed by atoms with Crippen molar-refractivity contribution in [2.45, 2.75) is 32.1 Å². The first-order valence-corrected chi connectivity index (χ1v) is 6.25. The Kier molecular flexibility index (Phi) is 3.28. The van der Waals surface area contributed by atoms with Crippen molar-refractivity contribution >= 4 is 0 Å². The fourth-order valence-corrected chi connectivity index (χ4v) is 2.86. The molecule has 0 saturated heterocycles. The van der Waals surface area contributed by atoms with Crippen LogP contribution in [-0.4, -0.2) is 0 Å². The van der Waals surface area contributed by atoms with Crippen molar-refractivity contribution in [2.75, 3.05) is 0 Å². The molecule has 84 valence electrons. The highest BCUT2D eigenvalue weighted by Gasteiger charge is 2.34. The van der Waals surface area contributed by atoms with E-state index in [2.05, 4.69) is 68.5 Å². The monoisotopic (exact) mass is 212 g/mol. The van der Waals surface area contributed by atoms with Crippen LogP contribution in [0.2, 0.25) is 0 Å². The Morgan fingerprint density at radius 1 is 1.06 bits per heavy atom. The number of hydrogen-bond acceptors (Lipinski definition) is 0. The van der Waals surface area contributed by atoms with Gasteiger partial charge in [0, 0.05) is 5.41 Å². The molecular formula is C16H20. The SMILES string of the molecule is CCC1C=CC=CC1(CC)c1ccccc1. The second kappa shape index (κ2) is 4.69. The van der Waals surface area contributed by atoms with Gasteiger partial charge in [0.1, 0.15) is 0 Å². The van der Waals surface area contributed by atoms with Crippen LogP contribution in [0.4, 0.5) is 0 Å². The first kappa shape index (κ1) is 11.2. The third-order valence-electron chi connectivity index (χ3n) is 3.85. The Hall–Kier alpha value is -1.30. The van der Waals surface area contributed by atoms with Crippen LogP contribution in [0.25, 0.3) is 0 Å². The molecule has 1 aromatic rings. The molecule has 0 heteroatoms. The highest BCUT2D eigenvalue weighted by molar-refractivity contribution is 5.37. The third kappa shape index (κ3) is 1.73. The topological polar surface area (TPSA) is 0 Å². The van der Waals surface area contributed by atoms with Crippen molar-refractivity contribution < 1.29 is 0 Å². The van der Waals surface area contributed by atoms with E-state index in [0.29, 0.717) is 5.92 Å². The van der Waals surface area contributed by atoms with E-state index in [1.54, 1.807) is 0 Å². The molecular weight excluding hydrogens is 192 g/mol. The molecule has 1 aliphatic carbocycles. The Morgan fingerprint density at radius 3 is 2.44 bits per heavy atom. The van der Waals surface area contributed by atoms with Crippen molar-refractivity contribution in [2.24, 2.45) is 5.92 Å². The highest BCUT2D eigenvalue weighted by Crippen LogP contribution is 2.41. The zero-order chi connectivity index (χ0) is 11.4. The van der Waals surface area contributed by atoms with E-state index in [1.807, 2.05) is 0 Å². The summed E-state index contributed by atoms with van der Waals surface area (Å²) < 4.78 is 0. The average molecular weight is 212 g/mol. The maximum Gasteiger partial charge on any atom is 0.0195 e. The summed E-state index contributed by atoms with van der Waals surface area (Å²) in [5.74, 6) is 0.630. The van der Waals surface area contributed by atoms with Crippen molar-refractivity contribution in [3.05, 3.63) is 60.2 Å². The Labute approximate surface area is 98.7 Å². The molecule has 0 fully saturated rings. The zero-order valence-corrected chi connectivity index (χ0v) is 10.2. The molecule has 2 atom stereocenters. The highest BCUT2D eigenvalue weighted by atomic mass is 14.4. The van der Waals surface area contributed by atoms with Gasteiger partial charge >= 0.3 is 0 Å². The van der Waals surface area contributed by atoms with E-state index >= 15 is 0 Å². The molecule has 0 aliphatic heterocycles. The molecule has 16 heavy (non-hydrogen) atoms. The van der Waals surface area contributed by atoms with E-state index in [4.69, 9.17) is 0 Å². The van der Waals surface area contributed by atoms with Gasteiger partial charge in [-0.1, -0.05) is 68.5 Å². The summed E-state index contributed by atoms with van der Waals surface area (Å²) in [5, 5.41) is 0. The van der Waals surface area contributed by atoms with E-state index in [1.165, 1.54) is 12.0 Å². The Balaban J connectivity index is 2.46. The standard InChI is InChI=1S/C16H20/c1-3-14-10-8-9-13-16(14,4-2)15-11-6-5-7-12-15/h5-14H,3-4H2,1-2H3. The van der Waals surface area contributed by atoms with Gasteiger partial charge in [-0.2, -0.15) is 0 Å². The molecule has 0 aromatic heterocycles. The minimum Gasteiger partial charge on any atom is -0.0802 e. The summed E-state index contributed by atoms with van der Waals surface area (Å²) in [6.45, 7) is 4.57. The first-order valence-electron chi connectivity index (χ1n) is 6.25. The van der Waals surface area contributed by atoms with Gasteiger partial charge in [0.05, 0.1) is 0 Å². The second-order valence-electron chi connectivity index (χ2n) is 4.52. The molecule has 0 nitrogen and oxygen atoms in total. The lowest BCUT2D eigenvalue weighted by Crippen LogP contribution is -2.32. The molecule has 0 amide bonds. The zero-order valence-electron chi connectivity index (χ0n) is 10.2. The van der Waals surface area contributed by atoms with Gasteiger partial charge in [-0.3, -0.25) is 0 Å². The van der Waals surface area contributed by atoms with Crippen LogP contribution in [0.15, 0.2) is 54.6 Å². The summed E-state index contributed by atoms with van der Waals surface area (Å²) in [6.07, 6.45) is 11.5. The van der Waals surface area contributed by atoms with Crippen LogP contribution in [-0.2, 0) is 5.41 Å². The lowest BCUT2D eigenvalue weighted by molar-refractivity contribution is 0.368. The van der Waals surface area contributed by atoms with Crippen LogP contribution in [0.5, 0.6) is 0 Å². The lowest BCUT2D eigenvalue weighted by atomic mass is 9.65. The molecule has 0 saturated carbocycles. The Bertz CT molecular complexity index is 386. The minimum absolute atomic E-state index is 0.213. The number of hydrogen-bond donors (Lipinski definition) is 0. The van der Waals surface area contributed by atoms with Crippen LogP contribution in [0, 0.1) is 5.92 Å². The van der Waals surface area contributed by atoms with Gasteiger partial charge in [0.25, 0.3) is 0 Å². The van der Waals surface area contributed by atoms with Gasteiger partial charge in [-0.15, -0.1) is 0 Å². The molecule has 2 rings (SSSR count). The van der Waals surface area contributed by atoms with Crippen molar-refractivity contribution in [3.8, 4) is 0 Å². The molecule has 1 aliphatic rings. The minimum atomic E-state index is 0.213. The number of rotatable bonds is 3. The maximum absolute atomic E-state index is 2.39. The van der Waals surface area contributed by atoms with Crippen LogP contribution >= 0.6 is 0 Å². The molecule has 2 unspecified atom stereocenters. The van der Waals surface area contributed by atoms with Crippen LogP contribution < -0.4 is 0 Å². The summed E-state index contributed by atoms with van der Waals surface area (Å²) in [4.78, 5) is 0. The number of allylic oxidation sites excluding steroid dienone is 4. The predicted molar refractivity (Wildman–Crippen MR) is 70.5 cm³/mol. The lowest BCUT2D eigenvalue weighted by Gasteiger charge is -2.38.